The van der Waals surface area contributed by atoms with Gasteiger partial charge in [-0.25, -0.2) is 4.79 Å². The number of carbonyl (C=O) groups excluding carboxylic acids is 2. The largest absolute Gasteiger partial charge is 0.422 e. The number of para-hydroxylation sites is 1. The summed E-state index contributed by atoms with van der Waals surface area (Å²) in [6.07, 6.45) is 1.77. The number of anilines is 1. The normalized spacial score (nSPS) is 15.0. The van der Waals surface area contributed by atoms with Crippen LogP contribution in [0.1, 0.15) is 15.9 Å². The first-order chi connectivity index (χ1) is 14.5. The van der Waals surface area contributed by atoms with Crippen LogP contribution in [0.3, 0.4) is 0 Å². The van der Waals surface area contributed by atoms with Crippen LogP contribution in [0.5, 0.6) is 5.75 Å². The zero-order valence-corrected chi connectivity index (χ0v) is 18.7. The second-order valence-corrected chi connectivity index (χ2v) is 8.83. The maximum absolute atomic E-state index is 12.8. The molecule has 0 spiro atoms. The number of nitrogens with zero attached hydrogens (tertiary/aromatic N) is 1. The maximum atomic E-state index is 12.8. The highest BCUT2D eigenvalue weighted by molar-refractivity contribution is 9.10. The third kappa shape index (κ3) is 4.38. The molecule has 0 aliphatic carbocycles. The molecule has 1 fully saturated rings. The molecule has 1 amide bonds. The van der Waals surface area contributed by atoms with Crippen molar-refractivity contribution in [2.24, 2.45) is 0 Å². The SMILES string of the molecule is O=C(Oc1ccc(/C=C2\SC(=S)N(c3ccccc3)C2=O)cc1Br)c1ccccc1. The van der Waals surface area contributed by atoms with Crippen molar-refractivity contribution in [1.82, 2.24) is 0 Å². The fourth-order valence-electron chi connectivity index (χ4n) is 2.84. The van der Waals surface area contributed by atoms with Gasteiger partial charge in [0.25, 0.3) is 5.91 Å². The van der Waals surface area contributed by atoms with E-state index in [9.17, 15) is 9.59 Å². The van der Waals surface area contributed by atoms with E-state index in [1.54, 1.807) is 48.5 Å². The second kappa shape index (κ2) is 8.95. The summed E-state index contributed by atoms with van der Waals surface area (Å²) < 4.78 is 6.56. The van der Waals surface area contributed by atoms with Gasteiger partial charge in [0.15, 0.2) is 4.32 Å². The van der Waals surface area contributed by atoms with E-state index in [1.165, 1.54) is 16.7 Å². The first-order valence-corrected chi connectivity index (χ1v) is 10.9. The van der Waals surface area contributed by atoms with Crippen LogP contribution in [0.4, 0.5) is 5.69 Å². The number of thiocarbonyl (C=S) groups is 1. The van der Waals surface area contributed by atoms with Gasteiger partial charge in [-0.15, -0.1) is 0 Å². The van der Waals surface area contributed by atoms with Crippen molar-refractivity contribution in [2.75, 3.05) is 4.90 Å². The van der Waals surface area contributed by atoms with Crippen LogP contribution >= 0.6 is 39.9 Å². The van der Waals surface area contributed by atoms with Gasteiger partial charge < -0.3 is 4.74 Å². The molecule has 3 aromatic rings. The predicted octanol–water partition coefficient (Wildman–Crippen LogP) is 6.07. The van der Waals surface area contributed by atoms with Crippen LogP contribution in [0.15, 0.2) is 88.2 Å². The molecule has 0 unspecified atom stereocenters. The zero-order valence-electron chi connectivity index (χ0n) is 15.4. The third-order valence-corrected chi connectivity index (χ3v) is 6.20. The van der Waals surface area contributed by atoms with Crippen molar-refractivity contribution in [1.29, 1.82) is 0 Å². The van der Waals surface area contributed by atoms with Crippen LogP contribution in [0, 0.1) is 0 Å². The van der Waals surface area contributed by atoms with Gasteiger partial charge in [-0.3, -0.25) is 9.69 Å². The average molecular weight is 496 g/mol. The molecule has 0 bridgehead atoms. The molecule has 1 heterocycles. The number of hydrogen-bond acceptors (Lipinski definition) is 5. The first-order valence-electron chi connectivity index (χ1n) is 8.93. The fourth-order valence-corrected chi connectivity index (χ4v) is 4.62. The highest BCUT2D eigenvalue weighted by atomic mass is 79.9. The van der Waals surface area contributed by atoms with Crippen molar-refractivity contribution in [2.45, 2.75) is 0 Å². The van der Waals surface area contributed by atoms with Crippen molar-refractivity contribution in [3.05, 3.63) is 99.4 Å². The first kappa shape index (κ1) is 20.5. The highest BCUT2D eigenvalue weighted by Crippen LogP contribution is 2.36. The lowest BCUT2D eigenvalue weighted by Crippen LogP contribution is -2.27. The second-order valence-electron chi connectivity index (χ2n) is 6.30. The van der Waals surface area contributed by atoms with Gasteiger partial charge in [-0.2, -0.15) is 0 Å². The topological polar surface area (TPSA) is 46.6 Å². The Morgan fingerprint density at radius 3 is 2.33 bits per heavy atom. The Hall–Kier alpha value is -2.74. The molecule has 1 aliphatic heterocycles. The van der Waals surface area contributed by atoms with Crippen LogP contribution in [-0.2, 0) is 4.79 Å². The number of ether oxygens (including phenoxy) is 1. The van der Waals surface area contributed by atoms with Gasteiger partial charge in [0.05, 0.1) is 20.6 Å². The van der Waals surface area contributed by atoms with Gasteiger partial charge in [0.1, 0.15) is 5.75 Å². The quantitative estimate of drug-likeness (QED) is 0.190. The molecule has 0 aromatic heterocycles. The minimum Gasteiger partial charge on any atom is -0.422 e. The summed E-state index contributed by atoms with van der Waals surface area (Å²) in [5.41, 5.74) is 2.00. The molecular weight excluding hydrogens is 482 g/mol. The van der Waals surface area contributed by atoms with E-state index in [0.29, 0.717) is 25.0 Å². The number of thioether (sulfide) groups is 1. The van der Waals surface area contributed by atoms with Crippen molar-refractivity contribution >= 4 is 67.9 Å². The van der Waals surface area contributed by atoms with Gasteiger partial charge in [-0.05, 0) is 64.0 Å². The van der Waals surface area contributed by atoms with E-state index in [2.05, 4.69) is 15.9 Å². The van der Waals surface area contributed by atoms with E-state index in [4.69, 9.17) is 17.0 Å². The summed E-state index contributed by atoms with van der Waals surface area (Å²) >= 11 is 10.1. The molecule has 0 radical (unpaired) electrons. The van der Waals surface area contributed by atoms with Gasteiger partial charge >= 0.3 is 5.97 Å². The lowest BCUT2D eigenvalue weighted by atomic mass is 10.2. The molecule has 0 saturated carbocycles. The van der Waals surface area contributed by atoms with Crippen molar-refractivity contribution in [3.8, 4) is 5.75 Å². The van der Waals surface area contributed by atoms with Crippen molar-refractivity contribution in [3.63, 3.8) is 0 Å². The molecule has 0 atom stereocenters. The van der Waals surface area contributed by atoms with E-state index in [1.807, 2.05) is 36.4 Å². The lowest BCUT2D eigenvalue weighted by molar-refractivity contribution is -0.113. The number of amides is 1. The van der Waals surface area contributed by atoms with Gasteiger partial charge in [-0.1, -0.05) is 66.4 Å². The molecule has 148 valence electrons. The van der Waals surface area contributed by atoms with E-state index >= 15 is 0 Å². The van der Waals surface area contributed by atoms with E-state index < -0.39 is 5.97 Å². The molecule has 1 saturated heterocycles. The Morgan fingerprint density at radius 1 is 1.00 bits per heavy atom. The fraction of sp³-hybridized carbons (Fsp3) is 0. The summed E-state index contributed by atoms with van der Waals surface area (Å²) in [5, 5.41) is 0. The minimum atomic E-state index is -0.437. The number of rotatable bonds is 4. The van der Waals surface area contributed by atoms with Gasteiger partial charge in [0.2, 0.25) is 0 Å². The standard InChI is InChI=1S/C23H14BrNO3S2/c24-18-13-15(11-12-19(18)28-22(27)16-7-3-1-4-8-16)14-20-21(26)25(23(29)30-20)17-9-5-2-6-10-17/h1-14H/b20-14-. The van der Waals surface area contributed by atoms with Crippen molar-refractivity contribution < 1.29 is 14.3 Å². The molecular formula is C23H14BrNO3S2. The number of hydrogen-bond donors (Lipinski definition) is 0. The Bertz CT molecular complexity index is 1160. The Kier molecular flexibility index (Phi) is 6.13. The number of carbonyl (C=O) groups is 2. The maximum Gasteiger partial charge on any atom is 0.343 e. The number of esters is 1. The minimum absolute atomic E-state index is 0.160. The molecule has 3 aromatic carbocycles. The van der Waals surface area contributed by atoms with Crippen LogP contribution < -0.4 is 9.64 Å². The van der Waals surface area contributed by atoms with Crippen LogP contribution in [0.2, 0.25) is 0 Å². The van der Waals surface area contributed by atoms with Crippen LogP contribution in [-0.4, -0.2) is 16.2 Å². The summed E-state index contributed by atoms with van der Waals surface area (Å²) in [6, 6.07) is 23.4. The molecule has 4 rings (SSSR count). The zero-order chi connectivity index (χ0) is 21.1. The predicted molar refractivity (Wildman–Crippen MR) is 128 cm³/mol. The molecule has 7 heteroatoms. The highest BCUT2D eigenvalue weighted by Gasteiger charge is 2.33. The Balaban J connectivity index is 1.53. The Labute approximate surface area is 191 Å². The molecule has 1 aliphatic rings. The number of benzene rings is 3. The summed E-state index contributed by atoms with van der Waals surface area (Å²) in [4.78, 5) is 27.2. The smallest absolute Gasteiger partial charge is 0.343 e. The third-order valence-electron chi connectivity index (χ3n) is 4.27. The number of halogens is 1. The van der Waals surface area contributed by atoms with Gasteiger partial charge in [0, 0.05) is 0 Å². The van der Waals surface area contributed by atoms with Crippen LogP contribution in [0.25, 0.3) is 6.08 Å². The summed E-state index contributed by atoms with van der Waals surface area (Å²) in [5.74, 6) is -0.197. The average Bonchev–Trinajstić information content (AvgIpc) is 3.04. The summed E-state index contributed by atoms with van der Waals surface area (Å²) in [6.45, 7) is 0. The van der Waals surface area contributed by atoms with E-state index in [-0.39, 0.29) is 5.91 Å². The molecule has 0 N–H and O–H groups in total. The molecule has 4 nitrogen and oxygen atoms in total. The monoisotopic (exact) mass is 495 g/mol. The lowest BCUT2D eigenvalue weighted by Gasteiger charge is -2.13. The Morgan fingerprint density at radius 2 is 1.67 bits per heavy atom. The summed E-state index contributed by atoms with van der Waals surface area (Å²) in [7, 11) is 0. The van der Waals surface area contributed by atoms with E-state index in [0.717, 1.165) is 11.3 Å². The molecule has 30 heavy (non-hydrogen) atoms.